The number of hydrogen-bond acceptors (Lipinski definition) is 5. The molecule has 1 saturated carbocycles. The lowest BCUT2D eigenvalue weighted by Gasteiger charge is -2.31. The summed E-state index contributed by atoms with van der Waals surface area (Å²) < 4.78 is 15.4. The van der Waals surface area contributed by atoms with Crippen molar-refractivity contribution in [1.29, 1.82) is 0 Å². The minimum Gasteiger partial charge on any atom is -0.349 e. The number of thioether (sulfide) groups is 1. The molecule has 0 aliphatic heterocycles. The Morgan fingerprint density at radius 3 is 2.72 bits per heavy atom. The summed E-state index contributed by atoms with van der Waals surface area (Å²) in [6.45, 7) is 4.17. The number of nitrogens with zero attached hydrogens (tertiary/aromatic N) is 4. The molecule has 1 amide bonds. The van der Waals surface area contributed by atoms with E-state index in [1.54, 1.807) is 24.5 Å². The van der Waals surface area contributed by atoms with Crippen LogP contribution in [0.5, 0.6) is 0 Å². The molecule has 3 atom stereocenters. The summed E-state index contributed by atoms with van der Waals surface area (Å²) in [5.41, 5.74) is 1.79. The van der Waals surface area contributed by atoms with Crippen LogP contribution in [0.15, 0.2) is 53.9 Å². The molecule has 0 saturated heterocycles. The number of benzene rings is 1. The first-order chi connectivity index (χ1) is 15.5. The van der Waals surface area contributed by atoms with Crippen molar-refractivity contribution in [3.63, 3.8) is 0 Å². The van der Waals surface area contributed by atoms with Gasteiger partial charge in [0, 0.05) is 24.0 Å². The number of carbonyl (C=O) groups excluding carboxylic acids is 1. The minimum absolute atomic E-state index is 0.0963. The molecule has 0 bridgehead atoms. The van der Waals surface area contributed by atoms with Crippen LogP contribution >= 0.6 is 11.8 Å². The summed E-state index contributed by atoms with van der Waals surface area (Å²) in [6.07, 6.45) is 8.23. The fourth-order valence-corrected chi connectivity index (χ4v) is 5.10. The van der Waals surface area contributed by atoms with Crippen molar-refractivity contribution in [2.75, 3.05) is 5.75 Å². The van der Waals surface area contributed by atoms with Crippen LogP contribution in [0, 0.1) is 11.7 Å². The van der Waals surface area contributed by atoms with Crippen LogP contribution in [-0.2, 0) is 4.79 Å². The summed E-state index contributed by atoms with van der Waals surface area (Å²) in [7, 11) is 0. The third kappa shape index (κ3) is 5.18. The van der Waals surface area contributed by atoms with Crippen LogP contribution in [-0.4, -0.2) is 31.4 Å². The first-order valence-corrected chi connectivity index (χ1v) is 12.0. The highest BCUT2D eigenvalue weighted by Crippen LogP contribution is 2.38. The van der Waals surface area contributed by atoms with Crippen molar-refractivity contribution in [2.45, 2.75) is 56.8 Å². The van der Waals surface area contributed by atoms with E-state index in [-0.39, 0.29) is 23.5 Å². The Labute approximate surface area is 192 Å². The predicted molar refractivity (Wildman–Crippen MR) is 124 cm³/mol. The van der Waals surface area contributed by atoms with Crippen LogP contribution in [0.3, 0.4) is 0 Å². The zero-order valence-corrected chi connectivity index (χ0v) is 19.2. The first kappa shape index (κ1) is 22.5. The maximum atomic E-state index is 13.2. The van der Waals surface area contributed by atoms with Crippen LogP contribution in [0.25, 0.3) is 11.4 Å². The molecule has 2 aromatic heterocycles. The lowest BCUT2D eigenvalue weighted by atomic mass is 9.85. The van der Waals surface area contributed by atoms with Crippen LogP contribution in [0.2, 0.25) is 0 Å². The van der Waals surface area contributed by atoms with E-state index >= 15 is 0 Å². The fourth-order valence-electron chi connectivity index (χ4n) is 4.29. The normalized spacial score (nSPS) is 19.5. The zero-order chi connectivity index (χ0) is 22.5. The van der Waals surface area contributed by atoms with E-state index in [9.17, 15) is 9.18 Å². The zero-order valence-electron chi connectivity index (χ0n) is 18.4. The standard InChI is InChI=1S/C24H28FN5OS/c1-16-6-3-4-8-21(16)30-23(19-7-5-13-26-14-19)28-29-24(30)32-15-22(31)27-17(2)18-9-11-20(25)12-10-18/h5,7,9-14,16-17,21H,3-4,6,8,15H2,1-2H3,(H,27,31). The number of halogens is 1. The van der Waals surface area contributed by atoms with Gasteiger partial charge in [-0.3, -0.25) is 14.3 Å². The molecular formula is C24H28FN5OS. The molecule has 4 rings (SSSR count). The van der Waals surface area contributed by atoms with Gasteiger partial charge < -0.3 is 5.32 Å². The molecule has 1 aliphatic rings. The molecule has 1 aromatic carbocycles. The van der Waals surface area contributed by atoms with Crippen LogP contribution < -0.4 is 5.32 Å². The molecule has 2 heterocycles. The van der Waals surface area contributed by atoms with Crippen LogP contribution in [0.4, 0.5) is 4.39 Å². The average Bonchev–Trinajstić information content (AvgIpc) is 3.23. The van der Waals surface area contributed by atoms with Gasteiger partial charge in [0.2, 0.25) is 5.91 Å². The molecule has 3 unspecified atom stereocenters. The second-order valence-electron chi connectivity index (χ2n) is 8.38. The Morgan fingerprint density at radius 1 is 1.22 bits per heavy atom. The number of hydrogen-bond donors (Lipinski definition) is 1. The Morgan fingerprint density at radius 2 is 2.00 bits per heavy atom. The Bertz CT molecular complexity index is 1040. The van der Waals surface area contributed by atoms with E-state index in [2.05, 4.69) is 32.0 Å². The quantitative estimate of drug-likeness (QED) is 0.498. The summed E-state index contributed by atoms with van der Waals surface area (Å²) in [5, 5.41) is 12.7. The molecule has 3 aromatic rings. The largest absolute Gasteiger partial charge is 0.349 e. The SMILES string of the molecule is CC(NC(=O)CSc1nnc(-c2cccnc2)n1C1CCCCC1C)c1ccc(F)cc1. The third-order valence-electron chi connectivity index (χ3n) is 6.06. The van der Waals surface area contributed by atoms with Gasteiger partial charge in [-0.1, -0.05) is 43.7 Å². The molecule has 8 heteroatoms. The van der Waals surface area contributed by atoms with Gasteiger partial charge in [-0.15, -0.1) is 10.2 Å². The second kappa shape index (κ2) is 10.3. The van der Waals surface area contributed by atoms with E-state index in [1.165, 1.54) is 43.2 Å². The number of nitrogens with one attached hydrogen (secondary N) is 1. The molecular weight excluding hydrogens is 425 g/mol. The maximum absolute atomic E-state index is 13.2. The van der Waals surface area contributed by atoms with Crippen molar-refractivity contribution in [3.8, 4) is 11.4 Å². The minimum atomic E-state index is -0.288. The van der Waals surface area contributed by atoms with Gasteiger partial charge in [-0.2, -0.15) is 0 Å². The van der Waals surface area contributed by atoms with Gasteiger partial charge in [0.15, 0.2) is 11.0 Å². The summed E-state index contributed by atoms with van der Waals surface area (Å²) in [5.74, 6) is 1.17. The first-order valence-electron chi connectivity index (χ1n) is 11.1. The summed E-state index contributed by atoms with van der Waals surface area (Å²) in [6, 6.07) is 10.2. The van der Waals surface area contributed by atoms with Gasteiger partial charge in [0.05, 0.1) is 11.8 Å². The molecule has 0 spiro atoms. The van der Waals surface area contributed by atoms with Gasteiger partial charge in [-0.05, 0) is 55.5 Å². The average molecular weight is 454 g/mol. The Kier molecular flexibility index (Phi) is 7.19. The van der Waals surface area contributed by atoms with Crippen molar-refractivity contribution in [3.05, 3.63) is 60.2 Å². The smallest absolute Gasteiger partial charge is 0.230 e. The highest BCUT2D eigenvalue weighted by atomic mass is 32.2. The van der Waals surface area contributed by atoms with Gasteiger partial charge in [0.1, 0.15) is 5.82 Å². The van der Waals surface area contributed by atoms with Gasteiger partial charge >= 0.3 is 0 Å². The highest BCUT2D eigenvalue weighted by molar-refractivity contribution is 7.99. The van der Waals surface area contributed by atoms with Crippen molar-refractivity contribution in [2.24, 2.45) is 5.92 Å². The number of pyridine rings is 1. The number of amides is 1. The highest BCUT2D eigenvalue weighted by Gasteiger charge is 2.29. The molecule has 32 heavy (non-hydrogen) atoms. The third-order valence-corrected chi connectivity index (χ3v) is 7.01. The fraction of sp³-hybridized carbons (Fsp3) is 0.417. The number of carbonyl (C=O) groups is 1. The molecule has 0 radical (unpaired) electrons. The van der Waals surface area contributed by atoms with Gasteiger partial charge in [0.25, 0.3) is 0 Å². The molecule has 168 valence electrons. The van der Waals surface area contributed by atoms with Gasteiger partial charge in [-0.25, -0.2) is 4.39 Å². The van der Waals surface area contributed by atoms with Crippen LogP contribution in [0.1, 0.15) is 57.2 Å². The topological polar surface area (TPSA) is 72.7 Å². The monoisotopic (exact) mass is 453 g/mol. The van der Waals surface area contributed by atoms with E-state index in [1.807, 2.05) is 19.1 Å². The lowest BCUT2D eigenvalue weighted by molar-refractivity contribution is -0.119. The van der Waals surface area contributed by atoms with E-state index in [0.29, 0.717) is 12.0 Å². The number of aromatic nitrogens is 4. The van der Waals surface area contributed by atoms with Crippen molar-refractivity contribution < 1.29 is 9.18 Å². The predicted octanol–water partition coefficient (Wildman–Crippen LogP) is 5.20. The summed E-state index contributed by atoms with van der Waals surface area (Å²) in [4.78, 5) is 16.9. The van der Waals surface area contributed by atoms with Crippen molar-refractivity contribution in [1.82, 2.24) is 25.1 Å². The number of rotatable bonds is 7. The summed E-state index contributed by atoms with van der Waals surface area (Å²) >= 11 is 1.40. The van der Waals surface area contributed by atoms with E-state index in [0.717, 1.165) is 28.5 Å². The molecule has 1 N–H and O–H groups in total. The maximum Gasteiger partial charge on any atom is 0.230 e. The Balaban J connectivity index is 1.50. The van der Waals surface area contributed by atoms with E-state index in [4.69, 9.17) is 0 Å². The lowest BCUT2D eigenvalue weighted by Crippen LogP contribution is -2.28. The molecule has 6 nitrogen and oxygen atoms in total. The Hall–Kier alpha value is -2.74. The second-order valence-corrected chi connectivity index (χ2v) is 9.32. The molecule has 1 aliphatic carbocycles. The van der Waals surface area contributed by atoms with E-state index < -0.39 is 0 Å². The van der Waals surface area contributed by atoms with Crippen molar-refractivity contribution >= 4 is 17.7 Å². The molecule has 1 fully saturated rings.